The van der Waals surface area contributed by atoms with E-state index in [2.05, 4.69) is 10.3 Å². The highest BCUT2D eigenvalue weighted by Crippen LogP contribution is 2.38. The van der Waals surface area contributed by atoms with Gasteiger partial charge in [0.05, 0.1) is 5.92 Å². The Bertz CT molecular complexity index is 1360. The largest absolute Gasteiger partial charge is 0.505 e. The summed E-state index contributed by atoms with van der Waals surface area (Å²) in [5.41, 5.74) is -1.04. The number of nitrogens with zero attached hydrogens (tertiary/aromatic N) is 2. The van der Waals surface area contributed by atoms with Crippen molar-refractivity contribution < 1.29 is 28.6 Å². The van der Waals surface area contributed by atoms with Gasteiger partial charge in [0.2, 0.25) is 0 Å². The lowest BCUT2D eigenvalue weighted by Gasteiger charge is -2.24. The Hall–Kier alpha value is -4.19. The zero-order valence-corrected chi connectivity index (χ0v) is 20.2. The van der Waals surface area contributed by atoms with E-state index >= 15 is 0 Å². The molecule has 8 nitrogen and oxygen atoms in total. The summed E-state index contributed by atoms with van der Waals surface area (Å²) in [4.78, 5) is 29.6. The van der Waals surface area contributed by atoms with Crippen LogP contribution in [-0.4, -0.2) is 34.1 Å². The summed E-state index contributed by atoms with van der Waals surface area (Å²) in [6, 6.07) is 12.0. The van der Waals surface area contributed by atoms with E-state index in [1.54, 1.807) is 26.8 Å². The Morgan fingerprint density at radius 3 is 2.44 bits per heavy atom. The maximum atomic E-state index is 13.1. The van der Waals surface area contributed by atoms with Crippen molar-refractivity contribution in [2.75, 3.05) is 6.54 Å². The average Bonchev–Trinajstić information content (AvgIpc) is 3.65. The minimum absolute atomic E-state index is 0.0317. The van der Waals surface area contributed by atoms with E-state index in [1.165, 1.54) is 36.4 Å². The van der Waals surface area contributed by atoms with Gasteiger partial charge in [0.15, 0.2) is 11.4 Å². The van der Waals surface area contributed by atoms with E-state index in [0.717, 1.165) is 12.8 Å². The number of nitrogens with one attached hydrogen (secondary N) is 1. The SMILES string of the molecule is CC(C)(C)OC(=O)C(CNC(=O)c1nc(C#N)c2cc(Oc3ccc(F)cc3)ccc2c1O)C1CC1. The number of hydrogen-bond donors (Lipinski definition) is 2. The Morgan fingerprint density at radius 2 is 1.83 bits per heavy atom. The molecule has 0 radical (unpaired) electrons. The lowest BCUT2D eigenvalue weighted by atomic mass is 10.0. The van der Waals surface area contributed by atoms with Gasteiger partial charge in [-0.15, -0.1) is 0 Å². The smallest absolute Gasteiger partial charge is 0.311 e. The van der Waals surface area contributed by atoms with Crippen LogP contribution in [0.1, 0.15) is 49.8 Å². The highest BCUT2D eigenvalue weighted by Gasteiger charge is 2.39. The minimum atomic E-state index is -0.702. The topological polar surface area (TPSA) is 122 Å². The monoisotopic (exact) mass is 491 g/mol. The predicted octanol–water partition coefficient (Wildman–Crippen LogP) is 4.84. The molecule has 1 aromatic heterocycles. The molecule has 1 unspecified atom stereocenters. The lowest BCUT2D eigenvalue weighted by molar-refractivity contribution is -0.160. The van der Waals surface area contributed by atoms with Crippen LogP contribution >= 0.6 is 0 Å². The highest BCUT2D eigenvalue weighted by molar-refractivity contribution is 6.03. The number of ether oxygens (including phenoxy) is 2. The van der Waals surface area contributed by atoms with Gasteiger partial charge in [-0.25, -0.2) is 9.37 Å². The number of carbonyl (C=O) groups excluding carboxylic acids is 2. The molecule has 0 spiro atoms. The molecule has 36 heavy (non-hydrogen) atoms. The molecule has 1 heterocycles. The maximum Gasteiger partial charge on any atom is 0.311 e. The first-order valence-corrected chi connectivity index (χ1v) is 11.6. The zero-order chi connectivity index (χ0) is 26.0. The summed E-state index contributed by atoms with van der Waals surface area (Å²) >= 11 is 0. The number of aromatic hydroxyl groups is 1. The maximum absolute atomic E-state index is 13.1. The third-order valence-corrected chi connectivity index (χ3v) is 5.70. The molecule has 4 rings (SSSR count). The fourth-order valence-electron chi connectivity index (χ4n) is 3.83. The number of esters is 1. The van der Waals surface area contributed by atoms with Gasteiger partial charge >= 0.3 is 5.97 Å². The van der Waals surface area contributed by atoms with Crippen molar-refractivity contribution in [2.24, 2.45) is 11.8 Å². The first kappa shape index (κ1) is 24.9. The quantitative estimate of drug-likeness (QED) is 0.454. The van der Waals surface area contributed by atoms with Crippen LogP contribution in [0.2, 0.25) is 0 Å². The number of aromatic nitrogens is 1. The minimum Gasteiger partial charge on any atom is -0.505 e. The zero-order valence-electron chi connectivity index (χ0n) is 20.2. The Labute approximate surface area is 207 Å². The molecule has 0 saturated heterocycles. The van der Waals surface area contributed by atoms with Gasteiger partial charge < -0.3 is 19.9 Å². The molecule has 1 fully saturated rings. The van der Waals surface area contributed by atoms with Crippen LogP contribution in [0, 0.1) is 29.0 Å². The van der Waals surface area contributed by atoms with Crippen LogP contribution in [0.25, 0.3) is 10.8 Å². The van der Waals surface area contributed by atoms with Crippen LogP contribution in [0.5, 0.6) is 17.2 Å². The van der Waals surface area contributed by atoms with Gasteiger partial charge in [-0.3, -0.25) is 9.59 Å². The summed E-state index contributed by atoms with van der Waals surface area (Å²) in [6.45, 7) is 5.38. The molecular formula is C27H26FN3O5. The standard InChI is InChI=1S/C27H26FN3O5/c1-27(2,3)36-26(34)21(15-4-5-15)14-30-25(33)23-24(32)19-11-10-18(12-20(19)22(13-29)31-23)35-17-8-6-16(28)7-9-17/h6-12,15,21,32H,4-5,14H2,1-3H3,(H,30,33). The van der Waals surface area contributed by atoms with E-state index < -0.39 is 29.0 Å². The highest BCUT2D eigenvalue weighted by atomic mass is 19.1. The van der Waals surface area contributed by atoms with Crippen molar-refractivity contribution in [2.45, 2.75) is 39.2 Å². The summed E-state index contributed by atoms with van der Waals surface area (Å²) in [5.74, 6) is -1.52. The van der Waals surface area contributed by atoms with E-state index in [-0.39, 0.29) is 40.6 Å². The van der Waals surface area contributed by atoms with Crippen LogP contribution in [0.4, 0.5) is 4.39 Å². The van der Waals surface area contributed by atoms with Crippen LogP contribution in [0.15, 0.2) is 42.5 Å². The number of carbonyl (C=O) groups is 2. The lowest BCUT2D eigenvalue weighted by Crippen LogP contribution is -2.38. The third kappa shape index (κ3) is 5.71. The van der Waals surface area contributed by atoms with Gasteiger partial charge in [0.1, 0.15) is 34.7 Å². The van der Waals surface area contributed by atoms with Crippen LogP contribution < -0.4 is 10.1 Å². The van der Waals surface area contributed by atoms with E-state index in [1.807, 2.05) is 6.07 Å². The van der Waals surface area contributed by atoms with Gasteiger partial charge in [-0.1, -0.05) is 0 Å². The Balaban J connectivity index is 1.56. The predicted molar refractivity (Wildman–Crippen MR) is 129 cm³/mol. The summed E-state index contributed by atoms with van der Waals surface area (Å²) in [7, 11) is 0. The van der Waals surface area contributed by atoms with E-state index in [4.69, 9.17) is 9.47 Å². The summed E-state index contributed by atoms with van der Waals surface area (Å²) in [6.07, 6.45) is 1.75. The fourth-order valence-corrected chi connectivity index (χ4v) is 3.83. The molecule has 0 aliphatic heterocycles. The van der Waals surface area contributed by atoms with Gasteiger partial charge in [-0.05, 0) is 82.0 Å². The number of rotatable bonds is 7. The second-order valence-corrected chi connectivity index (χ2v) is 9.72. The molecule has 2 N–H and O–H groups in total. The van der Waals surface area contributed by atoms with Crippen LogP contribution in [0.3, 0.4) is 0 Å². The third-order valence-electron chi connectivity index (χ3n) is 5.70. The molecule has 3 aromatic rings. The fraction of sp³-hybridized carbons (Fsp3) is 0.333. The first-order chi connectivity index (χ1) is 17.1. The van der Waals surface area contributed by atoms with E-state index in [0.29, 0.717) is 11.5 Å². The first-order valence-electron chi connectivity index (χ1n) is 11.6. The summed E-state index contributed by atoms with van der Waals surface area (Å²) in [5, 5.41) is 23.6. The molecule has 2 aromatic carbocycles. The molecule has 1 aliphatic carbocycles. The van der Waals surface area contributed by atoms with Crippen molar-refractivity contribution in [3.05, 3.63) is 59.7 Å². The number of nitriles is 1. The second kappa shape index (κ2) is 9.82. The number of amides is 1. The Kier molecular flexibility index (Phi) is 6.80. The van der Waals surface area contributed by atoms with Crippen molar-refractivity contribution in [1.82, 2.24) is 10.3 Å². The van der Waals surface area contributed by atoms with Crippen molar-refractivity contribution in [1.29, 1.82) is 5.26 Å². The molecule has 1 amide bonds. The van der Waals surface area contributed by atoms with E-state index in [9.17, 15) is 24.3 Å². The van der Waals surface area contributed by atoms with Gasteiger partial charge in [-0.2, -0.15) is 5.26 Å². The second-order valence-electron chi connectivity index (χ2n) is 9.72. The molecular weight excluding hydrogens is 465 g/mol. The number of pyridine rings is 1. The molecule has 186 valence electrons. The molecule has 9 heteroatoms. The van der Waals surface area contributed by atoms with Crippen molar-refractivity contribution in [3.63, 3.8) is 0 Å². The Morgan fingerprint density at radius 1 is 1.17 bits per heavy atom. The summed E-state index contributed by atoms with van der Waals surface area (Å²) < 4.78 is 24.3. The number of fused-ring (bicyclic) bond motifs is 1. The average molecular weight is 492 g/mol. The number of halogens is 1. The molecule has 1 saturated carbocycles. The molecule has 1 aliphatic rings. The van der Waals surface area contributed by atoms with Gasteiger partial charge in [0.25, 0.3) is 5.91 Å². The van der Waals surface area contributed by atoms with Gasteiger partial charge in [0, 0.05) is 17.3 Å². The normalized spacial score (nSPS) is 14.1. The van der Waals surface area contributed by atoms with Crippen molar-refractivity contribution >= 4 is 22.6 Å². The number of hydrogen-bond acceptors (Lipinski definition) is 7. The molecule has 1 atom stereocenters. The van der Waals surface area contributed by atoms with Crippen molar-refractivity contribution in [3.8, 4) is 23.3 Å². The van der Waals surface area contributed by atoms with Crippen LogP contribution in [-0.2, 0) is 9.53 Å². The number of benzene rings is 2. The molecule has 0 bridgehead atoms.